The number of ketones is 1. The molecule has 120 valence electrons. The van der Waals surface area contributed by atoms with Gasteiger partial charge in [0.15, 0.2) is 5.78 Å². The maximum atomic E-state index is 12.2. The van der Waals surface area contributed by atoms with Crippen molar-refractivity contribution in [1.29, 1.82) is 0 Å². The van der Waals surface area contributed by atoms with E-state index in [1.54, 1.807) is 6.08 Å². The summed E-state index contributed by atoms with van der Waals surface area (Å²) in [6.45, 7) is 4.26. The largest absolute Gasteiger partial charge is 0.390 e. The van der Waals surface area contributed by atoms with Crippen LogP contribution in [0.25, 0.3) is 0 Å². The number of carbonyl (C=O) groups excluding carboxylic acids is 1. The number of allylic oxidation sites excluding steroid dienone is 3. The number of fused-ring (bicyclic) bond motifs is 5. The molecule has 0 heterocycles. The first-order valence-corrected chi connectivity index (χ1v) is 8.66. The molecule has 0 saturated heterocycles. The normalized spacial score (nSPS) is 56.5. The standard InChI is InChI=1S/C19H26O3/c1-18-9-7-12-11-5-6-16(20)17(21)14(11)4-3-13(12)15(18)8-10-19(18,2)22/h3-6,11-16,20,22H,7-10H2,1-2H3/t11-,12-,13-,14?,15+,16?,18+,19+/m1/s1. The number of hydrogen-bond donors (Lipinski definition) is 2. The van der Waals surface area contributed by atoms with Gasteiger partial charge in [0.25, 0.3) is 0 Å². The van der Waals surface area contributed by atoms with Gasteiger partial charge in [-0.15, -0.1) is 0 Å². The lowest BCUT2D eigenvalue weighted by atomic mass is 9.52. The molecule has 0 aromatic rings. The first-order chi connectivity index (χ1) is 10.3. The van der Waals surface area contributed by atoms with Gasteiger partial charge in [0.2, 0.25) is 0 Å². The highest BCUT2D eigenvalue weighted by Crippen LogP contribution is 2.63. The van der Waals surface area contributed by atoms with E-state index < -0.39 is 11.7 Å². The Bertz CT molecular complexity index is 561. The third-order valence-electron chi connectivity index (χ3n) is 7.53. The fourth-order valence-electron chi connectivity index (χ4n) is 5.91. The second-order valence-electron chi connectivity index (χ2n) is 8.34. The Labute approximate surface area is 132 Å². The fourth-order valence-corrected chi connectivity index (χ4v) is 5.91. The molecule has 4 rings (SSSR count). The number of rotatable bonds is 0. The van der Waals surface area contributed by atoms with E-state index in [-0.39, 0.29) is 23.0 Å². The predicted octanol–water partition coefficient (Wildman–Crippen LogP) is 2.48. The molecule has 0 aromatic carbocycles. The molecule has 4 aliphatic carbocycles. The lowest BCUT2D eigenvalue weighted by Gasteiger charge is -2.53. The van der Waals surface area contributed by atoms with E-state index in [2.05, 4.69) is 19.1 Å². The summed E-state index contributed by atoms with van der Waals surface area (Å²) in [5.41, 5.74) is -0.574. The molecule has 3 nitrogen and oxygen atoms in total. The highest BCUT2D eigenvalue weighted by molar-refractivity contribution is 5.90. The van der Waals surface area contributed by atoms with Gasteiger partial charge in [-0.05, 0) is 61.7 Å². The molecule has 3 heteroatoms. The van der Waals surface area contributed by atoms with E-state index in [0.29, 0.717) is 17.8 Å². The van der Waals surface area contributed by atoms with Crippen LogP contribution in [0.4, 0.5) is 0 Å². The van der Waals surface area contributed by atoms with Crippen LogP contribution in [0.2, 0.25) is 0 Å². The monoisotopic (exact) mass is 302 g/mol. The van der Waals surface area contributed by atoms with Crippen LogP contribution in [0.5, 0.6) is 0 Å². The van der Waals surface area contributed by atoms with Crippen LogP contribution in [0.15, 0.2) is 24.3 Å². The van der Waals surface area contributed by atoms with E-state index in [9.17, 15) is 15.0 Å². The van der Waals surface area contributed by atoms with E-state index in [1.807, 2.05) is 13.0 Å². The fraction of sp³-hybridized carbons (Fsp3) is 0.737. The minimum atomic E-state index is -0.927. The Morgan fingerprint density at radius 3 is 2.55 bits per heavy atom. The lowest BCUT2D eigenvalue weighted by Crippen LogP contribution is -2.52. The Morgan fingerprint density at radius 2 is 1.77 bits per heavy atom. The molecule has 0 spiro atoms. The molecule has 22 heavy (non-hydrogen) atoms. The molecular weight excluding hydrogens is 276 g/mol. The Balaban J connectivity index is 1.69. The Kier molecular flexibility index (Phi) is 3.03. The van der Waals surface area contributed by atoms with Crippen LogP contribution < -0.4 is 0 Å². The number of aliphatic hydroxyl groups is 2. The average molecular weight is 302 g/mol. The quantitative estimate of drug-likeness (QED) is 0.676. The van der Waals surface area contributed by atoms with Crippen LogP contribution in [0.3, 0.4) is 0 Å². The minimum Gasteiger partial charge on any atom is -0.390 e. The van der Waals surface area contributed by atoms with Crippen molar-refractivity contribution in [3.8, 4) is 0 Å². The van der Waals surface area contributed by atoms with Crippen LogP contribution in [-0.2, 0) is 4.79 Å². The molecule has 8 atom stereocenters. The molecule has 2 unspecified atom stereocenters. The van der Waals surface area contributed by atoms with Crippen LogP contribution in [-0.4, -0.2) is 27.7 Å². The van der Waals surface area contributed by atoms with E-state index in [0.717, 1.165) is 25.7 Å². The number of aliphatic hydroxyl groups excluding tert-OH is 1. The van der Waals surface area contributed by atoms with Crippen molar-refractivity contribution < 1.29 is 15.0 Å². The molecule has 0 aliphatic heterocycles. The van der Waals surface area contributed by atoms with E-state index in [1.165, 1.54) is 0 Å². The predicted molar refractivity (Wildman–Crippen MR) is 83.9 cm³/mol. The summed E-state index contributed by atoms with van der Waals surface area (Å²) in [5, 5.41) is 20.6. The van der Waals surface area contributed by atoms with Crippen LogP contribution >= 0.6 is 0 Å². The molecule has 0 aromatic heterocycles. The number of carbonyl (C=O) groups is 1. The van der Waals surface area contributed by atoms with Gasteiger partial charge in [-0.2, -0.15) is 0 Å². The maximum absolute atomic E-state index is 12.2. The molecule has 0 bridgehead atoms. The molecule has 0 radical (unpaired) electrons. The zero-order chi connectivity index (χ0) is 15.7. The van der Waals surface area contributed by atoms with Crippen molar-refractivity contribution in [2.24, 2.45) is 35.0 Å². The summed E-state index contributed by atoms with van der Waals surface area (Å²) < 4.78 is 0. The minimum absolute atomic E-state index is 0.00670. The SMILES string of the molecule is C[C@]1(O)CC[C@H]2[C@@H]3C=CC4C(=O)C(O)C=C[C@@H]4[C@H]3CC[C@@]21C. The topological polar surface area (TPSA) is 57.5 Å². The number of hydrogen-bond acceptors (Lipinski definition) is 3. The van der Waals surface area contributed by atoms with Crippen molar-refractivity contribution in [2.75, 3.05) is 0 Å². The van der Waals surface area contributed by atoms with Gasteiger partial charge in [-0.1, -0.05) is 31.2 Å². The molecular formula is C19H26O3. The summed E-state index contributed by atoms with van der Waals surface area (Å²) in [4.78, 5) is 12.2. The highest BCUT2D eigenvalue weighted by Gasteiger charge is 2.60. The van der Waals surface area contributed by atoms with E-state index in [4.69, 9.17) is 0 Å². The van der Waals surface area contributed by atoms with Gasteiger partial charge in [0, 0.05) is 5.92 Å². The molecule has 0 amide bonds. The Hall–Kier alpha value is -0.930. The zero-order valence-corrected chi connectivity index (χ0v) is 13.4. The average Bonchev–Trinajstić information content (AvgIpc) is 2.73. The summed E-state index contributed by atoms with van der Waals surface area (Å²) >= 11 is 0. The molecule has 2 N–H and O–H groups in total. The van der Waals surface area contributed by atoms with Gasteiger partial charge in [0.1, 0.15) is 6.10 Å². The van der Waals surface area contributed by atoms with Crippen molar-refractivity contribution in [2.45, 2.75) is 51.2 Å². The van der Waals surface area contributed by atoms with Gasteiger partial charge in [0.05, 0.1) is 5.60 Å². The lowest BCUT2D eigenvalue weighted by molar-refractivity contribution is -0.132. The molecule has 2 fully saturated rings. The summed E-state index contributed by atoms with van der Waals surface area (Å²) in [7, 11) is 0. The highest BCUT2D eigenvalue weighted by atomic mass is 16.3. The van der Waals surface area contributed by atoms with Crippen LogP contribution in [0, 0.1) is 35.0 Å². The van der Waals surface area contributed by atoms with Gasteiger partial charge in [-0.3, -0.25) is 4.79 Å². The first-order valence-electron chi connectivity index (χ1n) is 8.66. The van der Waals surface area contributed by atoms with Crippen molar-refractivity contribution >= 4 is 5.78 Å². The number of Topliss-reactive ketones (excluding diaryl/α,β-unsaturated/α-hetero) is 1. The van der Waals surface area contributed by atoms with Gasteiger partial charge in [-0.25, -0.2) is 0 Å². The molecule has 2 saturated carbocycles. The summed E-state index contributed by atoms with van der Waals surface area (Å²) in [5.74, 6) is 1.49. The smallest absolute Gasteiger partial charge is 0.172 e. The van der Waals surface area contributed by atoms with Crippen molar-refractivity contribution in [3.63, 3.8) is 0 Å². The summed E-state index contributed by atoms with van der Waals surface area (Å²) in [6, 6.07) is 0. The first kappa shape index (κ1) is 14.6. The second-order valence-corrected chi connectivity index (χ2v) is 8.34. The zero-order valence-electron chi connectivity index (χ0n) is 13.4. The van der Waals surface area contributed by atoms with Crippen molar-refractivity contribution in [1.82, 2.24) is 0 Å². The second kappa shape index (κ2) is 4.55. The third kappa shape index (κ3) is 1.73. The molecule has 4 aliphatic rings. The van der Waals surface area contributed by atoms with Gasteiger partial charge >= 0.3 is 0 Å². The third-order valence-corrected chi connectivity index (χ3v) is 7.53. The van der Waals surface area contributed by atoms with Crippen LogP contribution in [0.1, 0.15) is 39.5 Å². The Morgan fingerprint density at radius 1 is 1.05 bits per heavy atom. The van der Waals surface area contributed by atoms with Crippen molar-refractivity contribution in [3.05, 3.63) is 24.3 Å². The van der Waals surface area contributed by atoms with E-state index >= 15 is 0 Å². The summed E-state index contributed by atoms with van der Waals surface area (Å²) in [6.07, 6.45) is 11.2. The maximum Gasteiger partial charge on any atom is 0.172 e. The van der Waals surface area contributed by atoms with Gasteiger partial charge < -0.3 is 10.2 Å².